The number of hydrogen-bond donors (Lipinski definition) is 1. The van der Waals surface area contributed by atoms with Gasteiger partial charge >= 0.3 is 6.03 Å². The fourth-order valence-corrected chi connectivity index (χ4v) is 4.00. The number of aryl methyl sites for hydroxylation is 1. The molecule has 4 heteroatoms. The summed E-state index contributed by atoms with van der Waals surface area (Å²) in [5.74, 6) is 0. The molecule has 1 aliphatic carbocycles. The molecule has 1 aliphatic heterocycles. The maximum absolute atomic E-state index is 12.4. The standard InChI is InChI=1S/C20H31N3O/c1-17-8-6-7-9-18(17)16-21-20(24)23-14-12-22(13-15-23)19-10-4-2-3-5-11-19/h6-9,19H,2-5,10-16H2,1H3,(H,21,24). The highest BCUT2D eigenvalue weighted by atomic mass is 16.2. The summed E-state index contributed by atoms with van der Waals surface area (Å²) in [4.78, 5) is 17.0. The van der Waals surface area contributed by atoms with Gasteiger partial charge in [0.15, 0.2) is 0 Å². The molecule has 1 aromatic rings. The zero-order valence-electron chi connectivity index (χ0n) is 15.0. The second-order valence-electron chi connectivity index (χ2n) is 7.25. The number of carbonyl (C=O) groups excluding carboxylic acids is 1. The highest BCUT2D eigenvalue weighted by molar-refractivity contribution is 5.74. The van der Waals surface area contributed by atoms with E-state index in [1.807, 2.05) is 17.0 Å². The second kappa shape index (κ2) is 8.52. The van der Waals surface area contributed by atoms with Crippen molar-refractivity contribution in [3.05, 3.63) is 35.4 Å². The Bertz CT molecular complexity index is 529. The number of rotatable bonds is 3. The Labute approximate surface area is 146 Å². The molecule has 2 aliphatic rings. The zero-order valence-corrected chi connectivity index (χ0v) is 15.0. The van der Waals surface area contributed by atoms with Crippen LogP contribution in [0, 0.1) is 6.92 Å². The fourth-order valence-electron chi connectivity index (χ4n) is 4.00. The van der Waals surface area contributed by atoms with Gasteiger partial charge in [0.05, 0.1) is 0 Å². The van der Waals surface area contributed by atoms with Crippen molar-refractivity contribution in [2.75, 3.05) is 26.2 Å². The van der Waals surface area contributed by atoms with Crippen LogP contribution in [0.25, 0.3) is 0 Å². The molecule has 1 saturated heterocycles. The van der Waals surface area contributed by atoms with Crippen LogP contribution >= 0.6 is 0 Å². The summed E-state index contributed by atoms with van der Waals surface area (Å²) in [6.45, 7) is 6.48. The van der Waals surface area contributed by atoms with Crippen LogP contribution in [0.3, 0.4) is 0 Å². The molecule has 0 atom stereocenters. The average Bonchev–Trinajstić information content (AvgIpc) is 2.90. The number of benzene rings is 1. The third-order valence-electron chi connectivity index (χ3n) is 5.63. The maximum atomic E-state index is 12.4. The Balaban J connectivity index is 1.44. The molecule has 4 nitrogen and oxygen atoms in total. The predicted octanol–water partition coefficient (Wildman–Crippen LogP) is 3.55. The van der Waals surface area contributed by atoms with Crippen LogP contribution in [-0.4, -0.2) is 48.1 Å². The lowest BCUT2D eigenvalue weighted by molar-refractivity contribution is 0.101. The Kier molecular flexibility index (Phi) is 6.13. The van der Waals surface area contributed by atoms with Crippen LogP contribution in [-0.2, 0) is 6.54 Å². The minimum Gasteiger partial charge on any atom is -0.334 e. The third kappa shape index (κ3) is 4.50. The molecule has 0 spiro atoms. The monoisotopic (exact) mass is 329 g/mol. The Morgan fingerprint density at radius 3 is 2.38 bits per heavy atom. The first kappa shape index (κ1) is 17.3. The highest BCUT2D eigenvalue weighted by Crippen LogP contribution is 2.22. The minimum atomic E-state index is 0.0822. The summed E-state index contributed by atoms with van der Waals surface area (Å²) in [7, 11) is 0. The zero-order chi connectivity index (χ0) is 16.8. The third-order valence-corrected chi connectivity index (χ3v) is 5.63. The largest absolute Gasteiger partial charge is 0.334 e. The molecule has 24 heavy (non-hydrogen) atoms. The average molecular weight is 329 g/mol. The molecule has 1 heterocycles. The van der Waals surface area contributed by atoms with Crippen LogP contribution in [0.4, 0.5) is 4.79 Å². The van der Waals surface area contributed by atoms with Gasteiger partial charge in [-0.25, -0.2) is 4.79 Å². The van der Waals surface area contributed by atoms with Crippen molar-refractivity contribution in [2.24, 2.45) is 0 Å². The number of urea groups is 1. The first-order chi connectivity index (χ1) is 11.7. The van der Waals surface area contributed by atoms with E-state index < -0.39 is 0 Å². The molecule has 2 amide bonds. The Morgan fingerprint density at radius 1 is 1.04 bits per heavy atom. The van der Waals surface area contributed by atoms with Gasteiger partial charge in [0.25, 0.3) is 0 Å². The first-order valence-corrected chi connectivity index (χ1v) is 9.55. The summed E-state index contributed by atoms with van der Waals surface area (Å²) >= 11 is 0. The van der Waals surface area contributed by atoms with E-state index in [9.17, 15) is 4.79 Å². The van der Waals surface area contributed by atoms with Gasteiger partial charge in [-0.1, -0.05) is 49.9 Å². The van der Waals surface area contributed by atoms with Gasteiger partial charge in [0, 0.05) is 38.8 Å². The Morgan fingerprint density at radius 2 is 1.71 bits per heavy atom. The predicted molar refractivity (Wildman–Crippen MR) is 98.1 cm³/mol. The lowest BCUT2D eigenvalue weighted by atomic mass is 10.1. The summed E-state index contributed by atoms with van der Waals surface area (Å²) in [5, 5.41) is 3.08. The van der Waals surface area contributed by atoms with Crippen molar-refractivity contribution in [1.82, 2.24) is 15.1 Å². The topological polar surface area (TPSA) is 35.6 Å². The van der Waals surface area contributed by atoms with E-state index in [1.54, 1.807) is 0 Å². The molecule has 0 unspecified atom stereocenters. The van der Waals surface area contributed by atoms with Crippen molar-refractivity contribution >= 4 is 6.03 Å². The SMILES string of the molecule is Cc1ccccc1CNC(=O)N1CCN(C2CCCCCC2)CC1. The quantitative estimate of drug-likeness (QED) is 0.861. The molecule has 0 bridgehead atoms. The summed E-state index contributed by atoms with van der Waals surface area (Å²) in [6.07, 6.45) is 8.25. The normalized spacial score (nSPS) is 20.6. The molecule has 1 N–H and O–H groups in total. The van der Waals surface area contributed by atoms with Crippen LogP contribution in [0.5, 0.6) is 0 Å². The molecule has 2 fully saturated rings. The molecule has 3 rings (SSSR count). The van der Waals surface area contributed by atoms with E-state index in [2.05, 4.69) is 29.3 Å². The molecule has 1 aromatic carbocycles. The van der Waals surface area contributed by atoms with Crippen molar-refractivity contribution in [3.8, 4) is 0 Å². The van der Waals surface area contributed by atoms with E-state index in [0.717, 1.165) is 32.2 Å². The first-order valence-electron chi connectivity index (χ1n) is 9.55. The van der Waals surface area contributed by atoms with Gasteiger partial charge in [0.1, 0.15) is 0 Å². The van der Waals surface area contributed by atoms with Crippen LogP contribution in [0.2, 0.25) is 0 Å². The maximum Gasteiger partial charge on any atom is 0.317 e. The fraction of sp³-hybridized carbons (Fsp3) is 0.650. The molecule has 1 saturated carbocycles. The van der Waals surface area contributed by atoms with E-state index >= 15 is 0 Å². The van der Waals surface area contributed by atoms with Crippen molar-refractivity contribution in [1.29, 1.82) is 0 Å². The van der Waals surface area contributed by atoms with Gasteiger partial charge < -0.3 is 10.2 Å². The minimum absolute atomic E-state index is 0.0822. The van der Waals surface area contributed by atoms with Gasteiger partial charge in [-0.3, -0.25) is 4.90 Å². The number of piperazine rings is 1. The second-order valence-corrected chi connectivity index (χ2v) is 7.25. The lowest BCUT2D eigenvalue weighted by Gasteiger charge is -2.39. The van der Waals surface area contributed by atoms with Gasteiger partial charge in [0.2, 0.25) is 0 Å². The van der Waals surface area contributed by atoms with E-state index in [4.69, 9.17) is 0 Å². The smallest absolute Gasteiger partial charge is 0.317 e. The van der Waals surface area contributed by atoms with E-state index in [-0.39, 0.29) is 6.03 Å². The summed E-state index contributed by atoms with van der Waals surface area (Å²) in [5.41, 5.74) is 2.43. The molecular formula is C20H31N3O. The van der Waals surface area contributed by atoms with E-state index in [0.29, 0.717) is 6.54 Å². The molecule has 132 valence electrons. The van der Waals surface area contributed by atoms with Gasteiger partial charge in [-0.15, -0.1) is 0 Å². The van der Waals surface area contributed by atoms with Crippen molar-refractivity contribution in [2.45, 2.75) is 58.0 Å². The number of nitrogens with zero attached hydrogens (tertiary/aromatic N) is 2. The lowest BCUT2D eigenvalue weighted by Crippen LogP contribution is -2.54. The number of nitrogens with one attached hydrogen (secondary N) is 1. The molecular weight excluding hydrogens is 298 g/mol. The highest BCUT2D eigenvalue weighted by Gasteiger charge is 2.26. The Hall–Kier alpha value is -1.55. The number of amides is 2. The van der Waals surface area contributed by atoms with Crippen LogP contribution in [0.1, 0.15) is 49.7 Å². The van der Waals surface area contributed by atoms with Crippen LogP contribution in [0.15, 0.2) is 24.3 Å². The van der Waals surface area contributed by atoms with E-state index in [1.165, 1.54) is 49.7 Å². The van der Waals surface area contributed by atoms with Gasteiger partial charge in [-0.2, -0.15) is 0 Å². The van der Waals surface area contributed by atoms with Crippen molar-refractivity contribution in [3.63, 3.8) is 0 Å². The van der Waals surface area contributed by atoms with Gasteiger partial charge in [-0.05, 0) is 30.9 Å². The summed E-state index contributed by atoms with van der Waals surface area (Å²) in [6, 6.07) is 9.07. The van der Waals surface area contributed by atoms with Crippen molar-refractivity contribution < 1.29 is 4.79 Å². The molecule has 0 radical (unpaired) electrons. The summed E-state index contributed by atoms with van der Waals surface area (Å²) < 4.78 is 0. The number of carbonyl (C=O) groups is 1. The van der Waals surface area contributed by atoms with Crippen LogP contribution < -0.4 is 5.32 Å². The molecule has 0 aromatic heterocycles. The number of hydrogen-bond acceptors (Lipinski definition) is 2.